The number of benzene rings is 2. The zero-order valence-corrected chi connectivity index (χ0v) is 24.9. The SMILES string of the molecule is O=C1N[C@@H](Cc2ccccc2)C(=O)NCCCN(C(=O)CCn2cnnc2)Cc2cn(nn2)CCCOc2ccc1cc2Cl. The van der Waals surface area contributed by atoms with Crippen molar-refractivity contribution in [2.45, 2.75) is 51.4 Å². The van der Waals surface area contributed by atoms with Crippen LogP contribution in [-0.4, -0.2) is 78.1 Å². The molecule has 13 nitrogen and oxygen atoms in total. The Bertz CT molecular complexity index is 1550. The Morgan fingerprint density at radius 2 is 1.86 bits per heavy atom. The molecular weight excluding hydrogens is 586 g/mol. The third kappa shape index (κ3) is 8.63. The van der Waals surface area contributed by atoms with Crippen LogP contribution in [0.1, 0.15) is 40.9 Å². The van der Waals surface area contributed by atoms with Gasteiger partial charge in [-0.05, 0) is 30.2 Å². The molecular formula is C30H34ClN9O4. The molecule has 2 aliphatic heterocycles. The molecule has 0 saturated heterocycles. The van der Waals surface area contributed by atoms with E-state index in [0.29, 0.717) is 74.1 Å². The second kappa shape index (κ2) is 15.1. The molecule has 4 heterocycles. The summed E-state index contributed by atoms with van der Waals surface area (Å²) in [5, 5.41) is 22.1. The van der Waals surface area contributed by atoms with Crippen LogP contribution in [0.15, 0.2) is 67.4 Å². The third-order valence-corrected chi connectivity index (χ3v) is 7.43. The molecule has 2 N–H and O–H groups in total. The first kappa shape index (κ1) is 30.7. The summed E-state index contributed by atoms with van der Waals surface area (Å²) in [6, 6.07) is 13.4. The number of aryl methyl sites for hydroxylation is 2. The Kier molecular flexibility index (Phi) is 10.5. The molecule has 2 aromatic heterocycles. The first-order valence-corrected chi connectivity index (χ1v) is 14.9. The van der Waals surface area contributed by atoms with Crippen molar-refractivity contribution in [1.82, 2.24) is 45.3 Å². The van der Waals surface area contributed by atoms with E-state index in [2.05, 4.69) is 31.1 Å². The monoisotopic (exact) mass is 619 g/mol. The summed E-state index contributed by atoms with van der Waals surface area (Å²) in [6.45, 7) is 2.34. The van der Waals surface area contributed by atoms with Gasteiger partial charge in [0.15, 0.2) is 0 Å². The van der Waals surface area contributed by atoms with Crippen LogP contribution in [0.3, 0.4) is 0 Å². The van der Waals surface area contributed by atoms with E-state index in [4.69, 9.17) is 16.3 Å². The number of ether oxygens (including phenoxy) is 1. The van der Waals surface area contributed by atoms with Gasteiger partial charge in [0.25, 0.3) is 5.91 Å². The molecule has 0 radical (unpaired) electrons. The van der Waals surface area contributed by atoms with Crippen molar-refractivity contribution >= 4 is 29.3 Å². The molecule has 44 heavy (non-hydrogen) atoms. The highest BCUT2D eigenvalue weighted by atomic mass is 35.5. The maximum Gasteiger partial charge on any atom is 0.251 e. The lowest BCUT2D eigenvalue weighted by atomic mass is 10.0. The molecule has 6 rings (SSSR count). The minimum absolute atomic E-state index is 0.0676. The van der Waals surface area contributed by atoms with Crippen LogP contribution >= 0.6 is 11.6 Å². The fourth-order valence-corrected chi connectivity index (χ4v) is 5.04. The molecule has 0 aliphatic carbocycles. The van der Waals surface area contributed by atoms with Crippen molar-refractivity contribution in [3.05, 3.63) is 89.2 Å². The Hall–Kier alpha value is -4.78. The Labute approximate surface area is 259 Å². The number of halogens is 1. The van der Waals surface area contributed by atoms with Gasteiger partial charge in [0.2, 0.25) is 11.8 Å². The van der Waals surface area contributed by atoms with Gasteiger partial charge < -0.3 is 24.8 Å². The van der Waals surface area contributed by atoms with Gasteiger partial charge >= 0.3 is 0 Å². The van der Waals surface area contributed by atoms with Crippen molar-refractivity contribution in [2.75, 3.05) is 19.7 Å². The van der Waals surface area contributed by atoms with Gasteiger partial charge in [0, 0.05) is 51.0 Å². The average Bonchev–Trinajstić information content (AvgIpc) is 3.72. The standard InChI is InChI=1S/C30H34ClN9O4/c31-25-17-23-8-9-27(25)44-15-5-13-40-19-24(36-37-40)18-39(28(41)10-14-38-20-33-34-21-38)12-4-11-32-30(43)26(35-29(23)42)16-22-6-2-1-3-7-22/h1-3,6-9,17,19-21,26H,4-5,10-16,18H2,(H,32,43)(H,35,42)/t26-/m0/s1. The van der Waals surface area contributed by atoms with Crippen molar-refractivity contribution in [1.29, 1.82) is 0 Å². The van der Waals surface area contributed by atoms with Gasteiger partial charge in [-0.15, -0.1) is 15.3 Å². The topological polar surface area (TPSA) is 149 Å². The predicted octanol–water partition coefficient (Wildman–Crippen LogP) is 2.27. The number of nitrogens with zero attached hydrogens (tertiary/aromatic N) is 7. The minimum atomic E-state index is -0.828. The molecule has 2 aliphatic rings. The highest BCUT2D eigenvalue weighted by Gasteiger charge is 2.23. The zero-order chi connectivity index (χ0) is 30.7. The second-order valence-corrected chi connectivity index (χ2v) is 10.9. The largest absolute Gasteiger partial charge is 0.492 e. The van der Waals surface area contributed by atoms with Crippen LogP contribution in [0.4, 0.5) is 0 Å². The lowest BCUT2D eigenvalue weighted by Crippen LogP contribution is -2.48. The quantitative estimate of drug-likeness (QED) is 0.346. The maximum atomic E-state index is 13.3. The fraction of sp³-hybridized carbons (Fsp3) is 0.367. The maximum absolute atomic E-state index is 13.3. The lowest BCUT2D eigenvalue weighted by Gasteiger charge is -2.23. The molecule has 3 amide bonds. The van der Waals surface area contributed by atoms with Crippen molar-refractivity contribution in [3.63, 3.8) is 0 Å². The number of fused-ring (bicyclic) bond motifs is 14. The number of nitrogens with one attached hydrogen (secondary N) is 2. The molecule has 0 unspecified atom stereocenters. The van der Waals surface area contributed by atoms with Gasteiger partial charge in [-0.25, -0.2) is 0 Å². The second-order valence-electron chi connectivity index (χ2n) is 10.4. The van der Waals surface area contributed by atoms with E-state index < -0.39 is 11.9 Å². The molecule has 1 atom stereocenters. The molecule has 4 bridgehead atoms. The summed E-state index contributed by atoms with van der Waals surface area (Å²) < 4.78 is 9.30. The van der Waals surface area contributed by atoms with Gasteiger partial charge in [-0.2, -0.15) is 0 Å². The van der Waals surface area contributed by atoms with E-state index in [1.54, 1.807) is 38.9 Å². The normalized spacial score (nSPS) is 16.8. The van der Waals surface area contributed by atoms with Crippen molar-refractivity contribution in [3.8, 4) is 5.75 Å². The number of carbonyl (C=O) groups is 3. The smallest absolute Gasteiger partial charge is 0.251 e. The van der Waals surface area contributed by atoms with Gasteiger partial charge in [0.05, 0.1) is 24.4 Å². The number of carbonyl (C=O) groups excluding carboxylic acids is 3. The Balaban J connectivity index is 1.32. The molecule has 0 fully saturated rings. The lowest BCUT2D eigenvalue weighted by molar-refractivity contribution is -0.132. The van der Waals surface area contributed by atoms with E-state index in [1.165, 1.54) is 6.07 Å². The summed E-state index contributed by atoms with van der Waals surface area (Å²) in [5.41, 5.74) is 1.87. The number of rotatable bonds is 5. The molecule has 0 saturated carbocycles. The van der Waals surface area contributed by atoms with E-state index in [0.717, 1.165) is 5.56 Å². The highest BCUT2D eigenvalue weighted by molar-refractivity contribution is 6.32. The van der Waals surface area contributed by atoms with Crippen molar-refractivity contribution < 1.29 is 19.1 Å². The predicted molar refractivity (Wildman–Crippen MR) is 161 cm³/mol. The molecule has 230 valence electrons. The third-order valence-electron chi connectivity index (χ3n) is 7.13. The van der Waals surface area contributed by atoms with Crippen LogP contribution in [0, 0.1) is 0 Å². The molecule has 0 spiro atoms. The first-order valence-electron chi connectivity index (χ1n) is 14.5. The van der Waals surface area contributed by atoms with Crippen LogP contribution in [0.2, 0.25) is 5.02 Å². The van der Waals surface area contributed by atoms with E-state index >= 15 is 0 Å². The number of aromatic nitrogens is 6. The average molecular weight is 620 g/mol. The molecule has 4 aromatic rings. The minimum Gasteiger partial charge on any atom is -0.492 e. The van der Waals surface area contributed by atoms with Crippen LogP contribution in [0.5, 0.6) is 5.75 Å². The summed E-state index contributed by atoms with van der Waals surface area (Å²) in [6.07, 6.45) is 6.64. The van der Waals surface area contributed by atoms with E-state index in [1.807, 2.05) is 36.5 Å². The first-order chi connectivity index (χ1) is 21.4. The Morgan fingerprint density at radius 3 is 2.66 bits per heavy atom. The van der Waals surface area contributed by atoms with Gasteiger partial charge in [0.1, 0.15) is 30.1 Å². The molecule has 14 heteroatoms. The van der Waals surface area contributed by atoms with Gasteiger partial charge in [-0.1, -0.05) is 47.1 Å². The van der Waals surface area contributed by atoms with Crippen molar-refractivity contribution in [2.24, 2.45) is 0 Å². The molecule has 2 aromatic carbocycles. The zero-order valence-electron chi connectivity index (χ0n) is 24.1. The summed E-state index contributed by atoms with van der Waals surface area (Å²) in [4.78, 5) is 41.5. The van der Waals surface area contributed by atoms with E-state index in [9.17, 15) is 14.4 Å². The van der Waals surface area contributed by atoms with Gasteiger partial charge in [-0.3, -0.25) is 19.1 Å². The summed E-state index contributed by atoms with van der Waals surface area (Å²) >= 11 is 6.43. The van der Waals surface area contributed by atoms with Crippen LogP contribution in [0.25, 0.3) is 0 Å². The fourth-order valence-electron chi connectivity index (χ4n) is 4.80. The highest BCUT2D eigenvalue weighted by Crippen LogP contribution is 2.26. The van der Waals surface area contributed by atoms with E-state index in [-0.39, 0.29) is 24.8 Å². The number of amides is 3. The van der Waals surface area contributed by atoms with Crippen LogP contribution in [-0.2, 0) is 35.6 Å². The summed E-state index contributed by atoms with van der Waals surface area (Å²) in [7, 11) is 0. The van der Waals surface area contributed by atoms with Crippen LogP contribution < -0.4 is 15.4 Å². The Morgan fingerprint density at radius 1 is 1.05 bits per heavy atom. The number of hydrogen-bond donors (Lipinski definition) is 2. The number of hydrogen-bond acceptors (Lipinski definition) is 8. The summed E-state index contributed by atoms with van der Waals surface area (Å²) in [5.74, 6) is -0.366.